The number of hydrogen-bond donors (Lipinski definition) is 2. The molecular formula is C17H19ClN6O3. The van der Waals surface area contributed by atoms with Crippen molar-refractivity contribution in [1.82, 2.24) is 15.4 Å². The van der Waals surface area contributed by atoms with E-state index in [1.54, 1.807) is 24.3 Å². The fourth-order valence-corrected chi connectivity index (χ4v) is 3.17. The Morgan fingerprint density at radius 3 is 2.70 bits per heavy atom. The molecule has 1 saturated heterocycles. The minimum atomic E-state index is -0.534. The first-order chi connectivity index (χ1) is 13.0. The van der Waals surface area contributed by atoms with Crippen molar-refractivity contribution >= 4 is 34.8 Å². The average molecular weight is 391 g/mol. The third kappa shape index (κ3) is 4.25. The van der Waals surface area contributed by atoms with Crippen molar-refractivity contribution in [3.8, 4) is 0 Å². The summed E-state index contributed by atoms with van der Waals surface area (Å²) in [5.41, 5.74) is 5.07. The first-order valence-corrected chi connectivity index (χ1v) is 8.93. The van der Waals surface area contributed by atoms with Gasteiger partial charge in [0.15, 0.2) is 0 Å². The van der Waals surface area contributed by atoms with Crippen LogP contribution in [0.4, 0.5) is 17.3 Å². The number of nitrogens with one attached hydrogen (secondary N) is 2. The molecule has 0 spiro atoms. The fraction of sp³-hybridized carbons (Fsp3) is 0.353. The van der Waals surface area contributed by atoms with Crippen LogP contribution in [0.1, 0.15) is 36.5 Å². The maximum atomic E-state index is 12.2. The summed E-state index contributed by atoms with van der Waals surface area (Å²) in [4.78, 5) is 33.3. The van der Waals surface area contributed by atoms with Crippen molar-refractivity contribution < 1.29 is 9.72 Å². The van der Waals surface area contributed by atoms with E-state index in [0.717, 1.165) is 19.3 Å². The molecule has 2 aromatic rings. The van der Waals surface area contributed by atoms with Gasteiger partial charge in [0.2, 0.25) is 11.6 Å². The van der Waals surface area contributed by atoms with E-state index in [1.165, 1.54) is 6.33 Å². The van der Waals surface area contributed by atoms with Crippen LogP contribution < -0.4 is 15.8 Å². The number of carbonyl (C=O) groups is 1. The number of hydrogen-bond acceptors (Lipinski definition) is 7. The molecule has 0 saturated carbocycles. The number of anilines is 2. The predicted octanol–water partition coefficient (Wildman–Crippen LogP) is 3.17. The second-order valence-corrected chi connectivity index (χ2v) is 6.71. The number of carbonyl (C=O) groups excluding carboxylic acids is 1. The minimum Gasteiger partial charge on any atom is -0.348 e. The number of halogens is 1. The van der Waals surface area contributed by atoms with Gasteiger partial charge in [-0.15, -0.1) is 0 Å². The molecule has 1 fully saturated rings. The van der Waals surface area contributed by atoms with E-state index in [9.17, 15) is 14.9 Å². The van der Waals surface area contributed by atoms with Crippen LogP contribution in [-0.2, 0) is 0 Å². The highest BCUT2D eigenvalue weighted by molar-refractivity contribution is 6.30. The standard InChI is InChI=1S/C17H19ClN6O3/c1-11-4-2-3-9-23(11)16-14(24(26)27)15(19-10-20-16)21-22-17(25)12-5-7-13(18)8-6-12/h5-8,10-11H,2-4,9H2,1H3,(H,22,25)(H,19,20,21). The summed E-state index contributed by atoms with van der Waals surface area (Å²) in [6, 6.07) is 6.41. The second kappa shape index (κ2) is 8.17. The van der Waals surface area contributed by atoms with Gasteiger partial charge in [-0.1, -0.05) is 11.6 Å². The van der Waals surface area contributed by atoms with Crippen molar-refractivity contribution in [2.24, 2.45) is 0 Å². The number of hydrazine groups is 1. The number of benzene rings is 1. The number of aromatic nitrogens is 2. The molecule has 27 heavy (non-hydrogen) atoms. The SMILES string of the molecule is CC1CCCCN1c1ncnc(NNC(=O)c2ccc(Cl)cc2)c1[N+](=O)[O-]. The minimum absolute atomic E-state index is 0.0647. The molecule has 1 aromatic heterocycles. The van der Waals surface area contributed by atoms with Gasteiger partial charge in [0.25, 0.3) is 5.91 Å². The zero-order valence-corrected chi connectivity index (χ0v) is 15.4. The molecule has 1 aliphatic rings. The third-order valence-corrected chi connectivity index (χ3v) is 4.71. The molecule has 0 radical (unpaired) electrons. The van der Waals surface area contributed by atoms with Gasteiger partial charge in [0.05, 0.1) is 4.92 Å². The van der Waals surface area contributed by atoms with Crippen LogP contribution in [-0.4, -0.2) is 33.4 Å². The van der Waals surface area contributed by atoms with E-state index in [1.807, 2.05) is 11.8 Å². The van der Waals surface area contributed by atoms with Crippen LogP contribution >= 0.6 is 11.6 Å². The van der Waals surface area contributed by atoms with Crippen LogP contribution in [0.25, 0.3) is 0 Å². The predicted molar refractivity (Wildman–Crippen MR) is 102 cm³/mol. The van der Waals surface area contributed by atoms with Crippen molar-refractivity contribution in [2.45, 2.75) is 32.2 Å². The zero-order valence-electron chi connectivity index (χ0n) is 14.7. The van der Waals surface area contributed by atoms with Gasteiger partial charge in [-0.3, -0.25) is 25.8 Å². The summed E-state index contributed by atoms with van der Waals surface area (Å²) in [6.45, 7) is 2.70. The fourth-order valence-electron chi connectivity index (χ4n) is 3.04. The number of rotatable bonds is 5. The Balaban J connectivity index is 1.82. The van der Waals surface area contributed by atoms with E-state index in [4.69, 9.17) is 11.6 Å². The van der Waals surface area contributed by atoms with Gasteiger partial charge in [-0.05, 0) is 50.5 Å². The van der Waals surface area contributed by atoms with Gasteiger partial charge in [0.1, 0.15) is 6.33 Å². The van der Waals surface area contributed by atoms with Gasteiger partial charge >= 0.3 is 5.69 Å². The number of nitro groups is 1. The quantitative estimate of drug-likeness (QED) is 0.595. The number of nitrogens with zero attached hydrogens (tertiary/aromatic N) is 4. The maximum absolute atomic E-state index is 12.2. The van der Waals surface area contributed by atoms with Crippen molar-refractivity contribution in [3.05, 3.63) is 51.3 Å². The molecule has 1 amide bonds. The second-order valence-electron chi connectivity index (χ2n) is 6.28. The smallest absolute Gasteiger partial charge is 0.348 e. The topological polar surface area (TPSA) is 113 Å². The molecule has 0 aliphatic carbocycles. The highest BCUT2D eigenvalue weighted by Crippen LogP contribution is 2.34. The molecule has 1 atom stereocenters. The van der Waals surface area contributed by atoms with Crippen LogP contribution in [0.15, 0.2) is 30.6 Å². The van der Waals surface area contributed by atoms with Crippen molar-refractivity contribution in [2.75, 3.05) is 16.9 Å². The molecule has 142 valence electrons. The van der Waals surface area contributed by atoms with E-state index in [-0.39, 0.29) is 23.4 Å². The van der Waals surface area contributed by atoms with Crippen LogP contribution in [0.2, 0.25) is 5.02 Å². The van der Waals surface area contributed by atoms with Crippen LogP contribution in [0.3, 0.4) is 0 Å². The van der Waals surface area contributed by atoms with E-state index < -0.39 is 10.8 Å². The van der Waals surface area contributed by atoms with E-state index >= 15 is 0 Å². The lowest BCUT2D eigenvalue weighted by molar-refractivity contribution is -0.383. The molecular weight excluding hydrogens is 372 g/mol. The van der Waals surface area contributed by atoms with Crippen LogP contribution in [0.5, 0.6) is 0 Å². The molecule has 2 heterocycles. The maximum Gasteiger partial charge on any atom is 0.355 e. The summed E-state index contributed by atoms with van der Waals surface area (Å²) in [5, 5.41) is 12.2. The Bertz CT molecular complexity index is 845. The molecule has 1 unspecified atom stereocenters. The lowest BCUT2D eigenvalue weighted by Gasteiger charge is -2.33. The lowest BCUT2D eigenvalue weighted by atomic mass is 10.0. The number of piperidine rings is 1. The summed E-state index contributed by atoms with van der Waals surface area (Å²) < 4.78 is 0. The normalized spacial score (nSPS) is 16.7. The number of amides is 1. The Kier molecular flexibility index (Phi) is 5.70. The molecule has 2 N–H and O–H groups in total. The average Bonchev–Trinajstić information content (AvgIpc) is 2.66. The molecule has 9 nitrogen and oxygen atoms in total. The van der Waals surface area contributed by atoms with E-state index in [0.29, 0.717) is 17.1 Å². The molecule has 0 bridgehead atoms. The first kappa shape index (κ1) is 18.8. The Morgan fingerprint density at radius 1 is 1.30 bits per heavy atom. The summed E-state index contributed by atoms with van der Waals surface area (Å²) in [7, 11) is 0. The molecule has 3 rings (SSSR count). The third-order valence-electron chi connectivity index (χ3n) is 4.46. The molecule has 1 aromatic carbocycles. The zero-order chi connectivity index (χ0) is 19.4. The largest absolute Gasteiger partial charge is 0.355 e. The molecule has 10 heteroatoms. The lowest BCUT2D eigenvalue weighted by Crippen LogP contribution is -2.38. The summed E-state index contributed by atoms with van der Waals surface area (Å²) in [5.74, 6) is -0.275. The van der Waals surface area contributed by atoms with Gasteiger partial charge in [-0.2, -0.15) is 0 Å². The van der Waals surface area contributed by atoms with Crippen molar-refractivity contribution in [3.63, 3.8) is 0 Å². The highest BCUT2D eigenvalue weighted by atomic mass is 35.5. The van der Waals surface area contributed by atoms with Gasteiger partial charge in [0, 0.05) is 23.2 Å². The first-order valence-electron chi connectivity index (χ1n) is 8.55. The Hall–Kier alpha value is -2.94. The summed E-state index contributed by atoms with van der Waals surface area (Å²) in [6.07, 6.45) is 4.22. The highest BCUT2D eigenvalue weighted by Gasteiger charge is 2.30. The van der Waals surface area contributed by atoms with Crippen molar-refractivity contribution in [1.29, 1.82) is 0 Å². The van der Waals surface area contributed by atoms with E-state index in [2.05, 4.69) is 20.8 Å². The summed E-state index contributed by atoms with van der Waals surface area (Å²) >= 11 is 5.80. The Labute approximate surface area is 160 Å². The Morgan fingerprint density at radius 2 is 2.04 bits per heavy atom. The van der Waals surface area contributed by atoms with Gasteiger partial charge in [-0.25, -0.2) is 9.97 Å². The monoisotopic (exact) mass is 390 g/mol. The van der Waals surface area contributed by atoms with Crippen LogP contribution in [0, 0.1) is 10.1 Å². The molecule has 1 aliphatic heterocycles. The van der Waals surface area contributed by atoms with Gasteiger partial charge < -0.3 is 4.90 Å².